The van der Waals surface area contributed by atoms with Gasteiger partial charge in [0.05, 0.1) is 0 Å². The molecule has 2 atom stereocenters. The van der Waals surface area contributed by atoms with Crippen LogP contribution in [0.2, 0.25) is 5.02 Å². The summed E-state index contributed by atoms with van der Waals surface area (Å²) >= 11 is 8.20. The first-order valence-corrected chi connectivity index (χ1v) is 16.3. The smallest absolute Gasteiger partial charge is 0.0454 e. The number of fused-ring (bicyclic) bond motifs is 3. The predicted octanol–water partition coefficient (Wildman–Crippen LogP) is 12.5. The van der Waals surface area contributed by atoms with E-state index in [-0.39, 0.29) is 11.2 Å². The van der Waals surface area contributed by atoms with Gasteiger partial charge in [-0.3, -0.25) is 0 Å². The SMILES string of the molecule is Clc1ccc(-c2ccc(-c3c(-c4ccccc4)c4c(c5ccccc35)C(c3ccccc3)C(c3ccccc3)S4)cc2)cc1. The molecule has 44 heavy (non-hydrogen) atoms. The average Bonchev–Trinajstić information content (AvgIpc) is 3.50. The zero-order valence-corrected chi connectivity index (χ0v) is 25.6. The third-order valence-electron chi connectivity index (χ3n) is 8.77. The monoisotopic (exact) mass is 600 g/mol. The number of hydrogen-bond donors (Lipinski definition) is 0. The van der Waals surface area contributed by atoms with Gasteiger partial charge in [-0.05, 0) is 67.4 Å². The van der Waals surface area contributed by atoms with Gasteiger partial charge in [-0.1, -0.05) is 163 Å². The van der Waals surface area contributed by atoms with E-state index in [2.05, 4.69) is 152 Å². The molecule has 0 amide bonds. The van der Waals surface area contributed by atoms with Crippen LogP contribution in [-0.2, 0) is 0 Å². The maximum atomic E-state index is 6.18. The minimum absolute atomic E-state index is 0.229. The summed E-state index contributed by atoms with van der Waals surface area (Å²) in [6.45, 7) is 0. The van der Waals surface area contributed by atoms with Crippen molar-refractivity contribution in [1.82, 2.24) is 0 Å². The van der Waals surface area contributed by atoms with Gasteiger partial charge in [0.25, 0.3) is 0 Å². The lowest BCUT2D eigenvalue weighted by Crippen LogP contribution is -2.06. The van der Waals surface area contributed by atoms with Gasteiger partial charge in [0.1, 0.15) is 0 Å². The third kappa shape index (κ3) is 4.74. The highest BCUT2D eigenvalue weighted by molar-refractivity contribution is 8.00. The highest BCUT2D eigenvalue weighted by Crippen LogP contribution is 2.63. The van der Waals surface area contributed by atoms with Crippen molar-refractivity contribution < 1.29 is 0 Å². The predicted molar refractivity (Wildman–Crippen MR) is 189 cm³/mol. The van der Waals surface area contributed by atoms with Gasteiger partial charge in [0, 0.05) is 26.6 Å². The van der Waals surface area contributed by atoms with Crippen molar-refractivity contribution in [2.24, 2.45) is 0 Å². The first-order chi connectivity index (χ1) is 21.8. The Morgan fingerprint density at radius 3 is 1.52 bits per heavy atom. The molecule has 2 heteroatoms. The fraction of sp³-hybridized carbons (Fsp3) is 0.0476. The van der Waals surface area contributed by atoms with Crippen molar-refractivity contribution in [2.75, 3.05) is 0 Å². The van der Waals surface area contributed by atoms with E-state index >= 15 is 0 Å². The number of halogens is 1. The summed E-state index contributed by atoms with van der Waals surface area (Å²) in [7, 11) is 0. The molecule has 0 nitrogen and oxygen atoms in total. The summed E-state index contributed by atoms with van der Waals surface area (Å²) in [6.07, 6.45) is 0. The third-order valence-corrected chi connectivity index (χ3v) is 10.5. The second-order valence-corrected chi connectivity index (χ2v) is 12.9. The van der Waals surface area contributed by atoms with Crippen molar-refractivity contribution in [1.29, 1.82) is 0 Å². The van der Waals surface area contributed by atoms with E-state index in [1.54, 1.807) is 0 Å². The molecular weight excluding hydrogens is 572 g/mol. The van der Waals surface area contributed by atoms with E-state index in [0.29, 0.717) is 0 Å². The number of benzene rings is 7. The van der Waals surface area contributed by atoms with Gasteiger partial charge < -0.3 is 0 Å². The molecule has 7 aromatic carbocycles. The molecular formula is C42H29ClS. The van der Waals surface area contributed by atoms with Crippen LogP contribution in [0.4, 0.5) is 0 Å². The van der Waals surface area contributed by atoms with Crippen LogP contribution < -0.4 is 0 Å². The molecule has 7 aromatic rings. The van der Waals surface area contributed by atoms with Gasteiger partial charge in [-0.25, -0.2) is 0 Å². The summed E-state index contributed by atoms with van der Waals surface area (Å²) in [6, 6.07) is 59.2. The molecule has 0 saturated carbocycles. The van der Waals surface area contributed by atoms with Crippen LogP contribution in [0.15, 0.2) is 169 Å². The van der Waals surface area contributed by atoms with Crippen molar-refractivity contribution in [3.8, 4) is 33.4 Å². The minimum Gasteiger partial charge on any atom is -0.116 e. The van der Waals surface area contributed by atoms with Gasteiger partial charge in [-0.15, -0.1) is 11.8 Å². The molecule has 1 heterocycles. The summed E-state index contributed by atoms with van der Waals surface area (Å²) in [5, 5.41) is 3.64. The van der Waals surface area contributed by atoms with Crippen molar-refractivity contribution in [3.05, 3.63) is 186 Å². The topological polar surface area (TPSA) is 0 Å². The zero-order valence-electron chi connectivity index (χ0n) is 24.0. The Morgan fingerprint density at radius 2 is 0.886 bits per heavy atom. The van der Waals surface area contributed by atoms with Crippen molar-refractivity contribution >= 4 is 34.1 Å². The molecule has 0 N–H and O–H groups in total. The van der Waals surface area contributed by atoms with E-state index in [0.717, 1.165) is 10.6 Å². The highest BCUT2D eigenvalue weighted by atomic mass is 35.5. The van der Waals surface area contributed by atoms with Crippen LogP contribution in [-0.4, -0.2) is 0 Å². The van der Waals surface area contributed by atoms with Crippen LogP contribution in [0.3, 0.4) is 0 Å². The van der Waals surface area contributed by atoms with Gasteiger partial charge in [0.15, 0.2) is 0 Å². The van der Waals surface area contributed by atoms with E-state index < -0.39 is 0 Å². The Hall–Kier alpha value is -4.56. The Morgan fingerprint density at radius 1 is 0.409 bits per heavy atom. The van der Waals surface area contributed by atoms with Crippen molar-refractivity contribution in [2.45, 2.75) is 16.1 Å². The Balaban J connectivity index is 1.42. The van der Waals surface area contributed by atoms with Gasteiger partial charge in [-0.2, -0.15) is 0 Å². The maximum absolute atomic E-state index is 6.18. The normalized spacial score (nSPS) is 15.8. The second kappa shape index (κ2) is 11.5. The molecule has 1 aliphatic rings. The van der Waals surface area contributed by atoms with Gasteiger partial charge >= 0.3 is 0 Å². The molecule has 210 valence electrons. The fourth-order valence-corrected chi connectivity index (χ4v) is 8.58. The minimum atomic E-state index is 0.229. The van der Waals surface area contributed by atoms with Crippen molar-refractivity contribution in [3.63, 3.8) is 0 Å². The molecule has 0 spiro atoms. The summed E-state index contributed by atoms with van der Waals surface area (Å²) in [5.74, 6) is 0.229. The Labute approximate surface area is 268 Å². The number of hydrogen-bond acceptors (Lipinski definition) is 1. The molecule has 0 bridgehead atoms. The molecule has 8 rings (SSSR count). The zero-order chi connectivity index (χ0) is 29.5. The summed E-state index contributed by atoms with van der Waals surface area (Å²) in [5.41, 5.74) is 11.6. The van der Waals surface area contributed by atoms with Crippen LogP contribution >= 0.6 is 23.4 Å². The molecule has 0 radical (unpaired) electrons. The molecule has 1 aliphatic heterocycles. The molecule has 0 saturated heterocycles. The standard InChI is InChI=1S/C42H29ClS/c43-34-26-24-29(25-27-34)28-20-22-32(23-21-28)37-35-18-10-11-19-36(35)40-39(31-14-6-2-7-15-31)41(33-16-8-3-9-17-33)44-42(40)38(37)30-12-4-1-5-13-30/h1-27,39,41H. The van der Waals surface area contributed by atoms with E-state index in [4.69, 9.17) is 11.6 Å². The van der Waals surface area contributed by atoms with Crippen LogP contribution in [0.25, 0.3) is 44.2 Å². The molecule has 0 aromatic heterocycles. The molecule has 0 fully saturated rings. The van der Waals surface area contributed by atoms with Crippen LogP contribution in [0, 0.1) is 0 Å². The van der Waals surface area contributed by atoms with E-state index in [1.165, 1.54) is 60.2 Å². The molecule has 0 aliphatic carbocycles. The fourth-order valence-electron chi connectivity index (χ4n) is 6.78. The first kappa shape index (κ1) is 27.0. The summed E-state index contributed by atoms with van der Waals surface area (Å²) in [4.78, 5) is 1.38. The lowest BCUT2D eigenvalue weighted by Gasteiger charge is -2.23. The molecule has 2 unspecified atom stereocenters. The second-order valence-electron chi connectivity index (χ2n) is 11.3. The number of rotatable bonds is 5. The first-order valence-electron chi connectivity index (χ1n) is 15.0. The van der Waals surface area contributed by atoms with Gasteiger partial charge in [0.2, 0.25) is 0 Å². The van der Waals surface area contributed by atoms with Crippen LogP contribution in [0.1, 0.15) is 27.9 Å². The highest BCUT2D eigenvalue weighted by Gasteiger charge is 2.39. The van der Waals surface area contributed by atoms with E-state index in [1.807, 2.05) is 23.9 Å². The Kier molecular flexibility index (Phi) is 7.06. The van der Waals surface area contributed by atoms with E-state index in [9.17, 15) is 0 Å². The quantitative estimate of drug-likeness (QED) is 0.189. The average molecular weight is 601 g/mol. The van der Waals surface area contributed by atoms with Crippen LogP contribution in [0.5, 0.6) is 0 Å². The largest absolute Gasteiger partial charge is 0.116 e. The Bertz CT molecular complexity index is 2070. The summed E-state index contributed by atoms with van der Waals surface area (Å²) < 4.78 is 0. The lowest BCUT2D eigenvalue weighted by atomic mass is 9.79. The number of thioether (sulfide) groups is 1. The maximum Gasteiger partial charge on any atom is 0.0454 e. The lowest BCUT2D eigenvalue weighted by molar-refractivity contribution is 0.805.